The third kappa shape index (κ3) is 3.58. The maximum Gasteiger partial charge on any atom is 0.257 e. The van der Waals surface area contributed by atoms with Crippen molar-refractivity contribution < 1.29 is 4.79 Å². The second-order valence-corrected chi connectivity index (χ2v) is 8.50. The summed E-state index contributed by atoms with van der Waals surface area (Å²) in [6.45, 7) is 4.99. The first kappa shape index (κ1) is 18.8. The number of nitrogens with zero attached hydrogens (tertiary/aromatic N) is 4. The molecule has 1 amide bonds. The second kappa shape index (κ2) is 7.59. The van der Waals surface area contributed by atoms with E-state index < -0.39 is 0 Å². The number of carbonyl (C=O) groups excluding carboxylic acids is 1. The van der Waals surface area contributed by atoms with Crippen molar-refractivity contribution in [2.75, 3.05) is 24.5 Å². The summed E-state index contributed by atoms with van der Waals surface area (Å²) < 4.78 is 0. The van der Waals surface area contributed by atoms with Gasteiger partial charge >= 0.3 is 0 Å². The average Bonchev–Trinajstić information content (AvgIpc) is 3.21. The van der Waals surface area contributed by atoms with E-state index in [-0.39, 0.29) is 11.5 Å². The number of carbonyl (C=O) groups is 1. The van der Waals surface area contributed by atoms with Crippen molar-refractivity contribution in [1.82, 2.24) is 24.8 Å². The molecule has 1 atom stereocenters. The topological polar surface area (TPSA) is 98.0 Å². The lowest BCUT2D eigenvalue weighted by Gasteiger charge is -2.33. The standard InChI is InChI=1S/C22H26N6O2/c1-14-3-2-7-28(11-14)22-25-17-6-8-27(12-16(17)21(30)26-22)20(29)10-15-4-5-18-19(9-15)24-13-23-18/h4-5,9,13-14H,2-3,6-8,10-12H2,1H3,(H,23,24)(H,25,26,30)/t14-/m0/s1. The maximum absolute atomic E-state index is 12.9. The molecule has 4 heterocycles. The molecule has 5 rings (SSSR count). The number of hydrogen-bond donors (Lipinski definition) is 2. The van der Waals surface area contributed by atoms with E-state index in [1.54, 1.807) is 11.2 Å². The van der Waals surface area contributed by atoms with E-state index in [0.29, 0.717) is 43.4 Å². The van der Waals surface area contributed by atoms with E-state index in [4.69, 9.17) is 4.98 Å². The molecule has 2 aliphatic rings. The molecular formula is C22H26N6O2. The maximum atomic E-state index is 12.9. The van der Waals surface area contributed by atoms with E-state index in [0.717, 1.165) is 41.8 Å². The van der Waals surface area contributed by atoms with Crippen molar-refractivity contribution in [1.29, 1.82) is 0 Å². The largest absolute Gasteiger partial charge is 0.345 e. The van der Waals surface area contributed by atoms with E-state index in [9.17, 15) is 9.59 Å². The lowest BCUT2D eigenvalue weighted by atomic mass is 10.0. The van der Waals surface area contributed by atoms with E-state index in [2.05, 4.69) is 26.8 Å². The van der Waals surface area contributed by atoms with Crippen molar-refractivity contribution in [2.45, 2.75) is 39.2 Å². The van der Waals surface area contributed by atoms with Gasteiger partial charge in [-0.25, -0.2) is 9.97 Å². The summed E-state index contributed by atoms with van der Waals surface area (Å²) >= 11 is 0. The summed E-state index contributed by atoms with van der Waals surface area (Å²) in [5.41, 5.74) is 4.06. The van der Waals surface area contributed by atoms with Crippen LogP contribution in [0.2, 0.25) is 0 Å². The number of rotatable bonds is 3. The van der Waals surface area contributed by atoms with Crippen molar-refractivity contribution in [2.24, 2.45) is 5.92 Å². The minimum Gasteiger partial charge on any atom is -0.345 e. The van der Waals surface area contributed by atoms with Crippen LogP contribution in [0.4, 0.5) is 5.95 Å². The molecule has 1 saturated heterocycles. The fraction of sp³-hybridized carbons (Fsp3) is 0.455. The lowest BCUT2D eigenvalue weighted by molar-refractivity contribution is -0.131. The fourth-order valence-corrected chi connectivity index (χ4v) is 4.54. The van der Waals surface area contributed by atoms with E-state index >= 15 is 0 Å². The molecule has 8 nitrogen and oxygen atoms in total. The summed E-state index contributed by atoms with van der Waals surface area (Å²) in [7, 11) is 0. The number of benzene rings is 1. The van der Waals surface area contributed by atoms with Gasteiger partial charge in [-0.3, -0.25) is 14.6 Å². The van der Waals surface area contributed by atoms with Crippen molar-refractivity contribution >= 4 is 22.9 Å². The van der Waals surface area contributed by atoms with Gasteiger partial charge in [-0.2, -0.15) is 0 Å². The molecule has 2 N–H and O–H groups in total. The first-order chi connectivity index (χ1) is 14.6. The third-order valence-corrected chi connectivity index (χ3v) is 6.21. The molecule has 1 aromatic carbocycles. The van der Waals surface area contributed by atoms with Gasteiger partial charge in [0.2, 0.25) is 11.9 Å². The number of nitrogens with one attached hydrogen (secondary N) is 2. The van der Waals surface area contributed by atoms with Crippen LogP contribution < -0.4 is 10.5 Å². The van der Waals surface area contributed by atoms with Crippen molar-refractivity contribution in [3.05, 3.63) is 51.7 Å². The summed E-state index contributed by atoms with van der Waals surface area (Å²) in [6.07, 6.45) is 4.90. The molecule has 156 valence electrons. The Morgan fingerprint density at radius 2 is 2.20 bits per heavy atom. The molecular weight excluding hydrogens is 380 g/mol. The van der Waals surface area contributed by atoms with Gasteiger partial charge in [-0.05, 0) is 36.5 Å². The summed E-state index contributed by atoms with van der Waals surface area (Å²) in [5.74, 6) is 1.31. The highest BCUT2D eigenvalue weighted by Crippen LogP contribution is 2.22. The average molecular weight is 406 g/mol. The molecule has 0 aliphatic carbocycles. The van der Waals surface area contributed by atoms with Crippen LogP contribution in [0.1, 0.15) is 36.6 Å². The Balaban J connectivity index is 1.31. The van der Waals surface area contributed by atoms with Crippen LogP contribution in [0.25, 0.3) is 11.0 Å². The molecule has 8 heteroatoms. The van der Waals surface area contributed by atoms with Gasteiger partial charge in [0.1, 0.15) is 0 Å². The number of imidazole rings is 1. The quantitative estimate of drug-likeness (QED) is 0.693. The Bertz CT molecular complexity index is 1150. The number of piperidine rings is 1. The molecule has 3 aromatic rings. The van der Waals surface area contributed by atoms with Gasteiger partial charge in [-0.1, -0.05) is 13.0 Å². The first-order valence-electron chi connectivity index (χ1n) is 10.6. The van der Waals surface area contributed by atoms with Crippen LogP contribution >= 0.6 is 0 Å². The van der Waals surface area contributed by atoms with Gasteiger partial charge in [0.25, 0.3) is 5.56 Å². The Morgan fingerprint density at radius 3 is 3.07 bits per heavy atom. The number of anilines is 1. The van der Waals surface area contributed by atoms with Gasteiger partial charge < -0.3 is 14.8 Å². The van der Waals surface area contributed by atoms with Crippen molar-refractivity contribution in [3.63, 3.8) is 0 Å². The fourth-order valence-electron chi connectivity index (χ4n) is 4.54. The highest BCUT2D eigenvalue weighted by molar-refractivity contribution is 5.81. The third-order valence-electron chi connectivity index (χ3n) is 6.21. The second-order valence-electron chi connectivity index (χ2n) is 8.50. The predicted octanol–water partition coefficient (Wildman–Crippen LogP) is 2.01. The van der Waals surface area contributed by atoms with Gasteiger partial charge in [0, 0.05) is 26.1 Å². The van der Waals surface area contributed by atoms with E-state index in [1.807, 2.05) is 18.2 Å². The lowest BCUT2D eigenvalue weighted by Crippen LogP contribution is -2.42. The number of hydrogen-bond acceptors (Lipinski definition) is 5. The first-order valence-corrected chi connectivity index (χ1v) is 10.6. The van der Waals surface area contributed by atoms with Crippen LogP contribution in [0.5, 0.6) is 0 Å². The molecule has 0 spiro atoms. The molecule has 1 fully saturated rings. The van der Waals surface area contributed by atoms with Crippen LogP contribution in [0.3, 0.4) is 0 Å². The summed E-state index contributed by atoms with van der Waals surface area (Å²) in [4.78, 5) is 44.6. The summed E-state index contributed by atoms with van der Waals surface area (Å²) in [6, 6.07) is 5.80. The van der Waals surface area contributed by atoms with Gasteiger partial charge in [0.05, 0.1) is 41.6 Å². The van der Waals surface area contributed by atoms with Crippen LogP contribution in [-0.2, 0) is 24.2 Å². The number of H-pyrrole nitrogens is 2. The normalized spacial score (nSPS) is 19.2. The zero-order chi connectivity index (χ0) is 20.7. The van der Waals surface area contributed by atoms with Gasteiger partial charge in [0.15, 0.2) is 0 Å². The van der Waals surface area contributed by atoms with Crippen LogP contribution in [0, 0.1) is 5.92 Å². The van der Waals surface area contributed by atoms with Crippen molar-refractivity contribution in [3.8, 4) is 0 Å². The SMILES string of the molecule is C[C@H]1CCCN(c2nc3c(c(=O)[nH]2)CN(C(=O)Cc2ccc4nc[nH]c4c2)CC3)C1. The van der Waals surface area contributed by atoms with Crippen LogP contribution in [0.15, 0.2) is 29.3 Å². The van der Waals surface area contributed by atoms with Gasteiger partial charge in [-0.15, -0.1) is 0 Å². The Morgan fingerprint density at radius 1 is 1.30 bits per heavy atom. The minimum absolute atomic E-state index is 0.0212. The molecule has 0 saturated carbocycles. The monoisotopic (exact) mass is 406 g/mol. The zero-order valence-electron chi connectivity index (χ0n) is 17.1. The molecule has 2 aliphatic heterocycles. The minimum atomic E-state index is -0.121. The predicted molar refractivity (Wildman–Crippen MR) is 114 cm³/mol. The molecule has 30 heavy (non-hydrogen) atoms. The number of aromatic amines is 2. The number of fused-ring (bicyclic) bond motifs is 2. The van der Waals surface area contributed by atoms with Crippen LogP contribution in [-0.4, -0.2) is 50.4 Å². The molecule has 0 radical (unpaired) electrons. The highest BCUT2D eigenvalue weighted by Gasteiger charge is 2.26. The zero-order valence-corrected chi connectivity index (χ0v) is 17.1. The summed E-state index contributed by atoms with van der Waals surface area (Å²) in [5, 5.41) is 0. The highest BCUT2D eigenvalue weighted by atomic mass is 16.2. The Hall–Kier alpha value is -3.16. The number of aromatic nitrogens is 4. The Kier molecular flexibility index (Phi) is 4.77. The molecule has 0 bridgehead atoms. The smallest absolute Gasteiger partial charge is 0.257 e. The van der Waals surface area contributed by atoms with E-state index in [1.165, 1.54) is 6.42 Å². The molecule has 0 unspecified atom stereocenters. The Labute approximate surface area is 174 Å². The molecule has 2 aromatic heterocycles. The number of amides is 1.